The highest BCUT2D eigenvalue weighted by atomic mass is 16.6. The number of aromatic nitrogens is 1. The predicted molar refractivity (Wildman–Crippen MR) is 77.9 cm³/mol. The highest BCUT2D eigenvalue weighted by molar-refractivity contribution is 5.85. The highest BCUT2D eigenvalue weighted by Gasteiger charge is 2.20. The summed E-state index contributed by atoms with van der Waals surface area (Å²) in [6.45, 7) is 5.85. The van der Waals surface area contributed by atoms with Crippen LogP contribution in [0.1, 0.15) is 26.5 Å². The molecular weight excluding hydrogens is 290 g/mol. The lowest BCUT2D eigenvalue weighted by atomic mass is 9.93. The van der Waals surface area contributed by atoms with E-state index in [0.29, 0.717) is 5.76 Å². The summed E-state index contributed by atoms with van der Waals surface area (Å²) in [6.07, 6.45) is -0.761. The maximum atomic E-state index is 11.7. The highest BCUT2D eigenvalue weighted by Crippen LogP contribution is 2.24. The minimum atomic E-state index is -0.761. The zero-order chi connectivity index (χ0) is 16.3. The number of rotatable bonds is 3. The van der Waals surface area contributed by atoms with Crippen molar-refractivity contribution in [3.63, 3.8) is 0 Å². The van der Waals surface area contributed by atoms with E-state index in [4.69, 9.17) is 9.26 Å². The van der Waals surface area contributed by atoms with Crippen molar-refractivity contribution < 1.29 is 19.0 Å². The Morgan fingerprint density at radius 3 is 2.45 bits per heavy atom. The van der Waals surface area contributed by atoms with Crippen LogP contribution in [0.4, 0.5) is 16.3 Å². The van der Waals surface area contributed by atoms with Crippen LogP contribution in [0.5, 0.6) is 5.75 Å². The number of nitro benzene ring substituents is 1. The van der Waals surface area contributed by atoms with Gasteiger partial charge in [-0.05, 0) is 12.1 Å². The third kappa shape index (κ3) is 3.81. The van der Waals surface area contributed by atoms with Crippen LogP contribution in [0.15, 0.2) is 34.9 Å². The Bertz CT molecular complexity index is 685. The number of hydrogen-bond acceptors (Lipinski definition) is 6. The topological polar surface area (TPSA) is 108 Å². The lowest BCUT2D eigenvalue weighted by Crippen LogP contribution is -2.17. The number of nitro groups is 1. The van der Waals surface area contributed by atoms with E-state index in [1.54, 1.807) is 6.07 Å². The predicted octanol–water partition coefficient (Wildman–Crippen LogP) is 3.49. The second-order valence-corrected chi connectivity index (χ2v) is 5.59. The molecule has 2 aromatic rings. The molecule has 0 spiro atoms. The van der Waals surface area contributed by atoms with E-state index in [2.05, 4.69) is 10.5 Å². The number of carbonyl (C=O) groups excluding carboxylic acids is 1. The van der Waals surface area contributed by atoms with Crippen molar-refractivity contribution in [2.24, 2.45) is 0 Å². The van der Waals surface area contributed by atoms with Gasteiger partial charge in [-0.25, -0.2) is 4.79 Å². The van der Waals surface area contributed by atoms with Gasteiger partial charge >= 0.3 is 6.09 Å². The van der Waals surface area contributed by atoms with E-state index < -0.39 is 11.0 Å². The van der Waals surface area contributed by atoms with Gasteiger partial charge in [-0.15, -0.1) is 0 Å². The van der Waals surface area contributed by atoms with Crippen molar-refractivity contribution in [1.29, 1.82) is 0 Å². The number of nitrogens with one attached hydrogen (secondary N) is 1. The zero-order valence-electron chi connectivity index (χ0n) is 12.3. The first-order valence-electron chi connectivity index (χ1n) is 6.46. The summed E-state index contributed by atoms with van der Waals surface area (Å²) in [5.41, 5.74) is -0.311. The number of non-ortho nitro benzene ring substituents is 1. The van der Waals surface area contributed by atoms with Crippen molar-refractivity contribution in [2.75, 3.05) is 5.32 Å². The summed E-state index contributed by atoms with van der Waals surface area (Å²) in [4.78, 5) is 21.7. The Morgan fingerprint density at radius 1 is 1.32 bits per heavy atom. The molecule has 8 nitrogen and oxygen atoms in total. The van der Waals surface area contributed by atoms with E-state index in [1.165, 1.54) is 24.3 Å². The van der Waals surface area contributed by atoms with Crippen molar-refractivity contribution in [1.82, 2.24) is 5.16 Å². The van der Waals surface area contributed by atoms with Crippen LogP contribution in [0, 0.1) is 10.1 Å². The molecule has 0 saturated carbocycles. The van der Waals surface area contributed by atoms with Crippen LogP contribution in [0.2, 0.25) is 0 Å². The number of anilines is 1. The van der Waals surface area contributed by atoms with Gasteiger partial charge in [0.25, 0.3) is 5.69 Å². The summed E-state index contributed by atoms with van der Waals surface area (Å²) in [5, 5.41) is 16.7. The van der Waals surface area contributed by atoms with Crippen LogP contribution in [0.25, 0.3) is 0 Å². The van der Waals surface area contributed by atoms with E-state index in [-0.39, 0.29) is 22.7 Å². The fraction of sp³-hybridized carbons (Fsp3) is 0.286. The number of amides is 1. The smallest absolute Gasteiger partial charge is 0.410 e. The molecule has 2 rings (SSSR count). The van der Waals surface area contributed by atoms with Gasteiger partial charge in [0.15, 0.2) is 5.82 Å². The molecule has 116 valence electrons. The first kappa shape index (κ1) is 15.5. The number of nitrogens with zero attached hydrogens (tertiary/aromatic N) is 2. The Balaban J connectivity index is 1.98. The molecule has 1 heterocycles. The first-order valence-corrected chi connectivity index (χ1v) is 6.46. The van der Waals surface area contributed by atoms with Gasteiger partial charge in [0, 0.05) is 23.6 Å². The SMILES string of the molecule is CC(C)(C)c1cc(NC(=O)Oc2ccc([N+](=O)[O-])cc2)no1. The molecule has 22 heavy (non-hydrogen) atoms. The van der Waals surface area contributed by atoms with E-state index in [9.17, 15) is 14.9 Å². The fourth-order valence-corrected chi connectivity index (χ4v) is 1.56. The zero-order valence-corrected chi connectivity index (χ0v) is 12.3. The number of ether oxygens (including phenoxy) is 1. The maximum Gasteiger partial charge on any atom is 0.418 e. The van der Waals surface area contributed by atoms with Crippen LogP contribution in [-0.2, 0) is 5.41 Å². The van der Waals surface area contributed by atoms with Crippen molar-refractivity contribution in [3.8, 4) is 5.75 Å². The third-order valence-corrected chi connectivity index (χ3v) is 2.74. The quantitative estimate of drug-likeness (QED) is 0.687. The van der Waals surface area contributed by atoms with Crippen molar-refractivity contribution >= 4 is 17.6 Å². The molecule has 1 aromatic heterocycles. The van der Waals surface area contributed by atoms with Crippen LogP contribution in [0.3, 0.4) is 0 Å². The minimum Gasteiger partial charge on any atom is -0.410 e. The lowest BCUT2D eigenvalue weighted by molar-refractivity contribution is -0.384. The molecule has 0 aliphatic rings. The lowest BCUT2D eigenvalue weighted by Gasteiger charge is -2.12. The Labute approximate surface area is 126 Å². The fourth-order valence-electron chi connectivity index (χ4n) is 1.56. The largest absolute Gasteiger partial charge is 0.418 e. The Morgan fingerprint density at radius 2 is 1.95 bits per heavy atom. The van der Waals surface area contributed by atoms with Gasteiger partial charge in [-0.1, -0.05) is 25.9 Å². The molecule has 8 heteroatoms. The first-order chi connectivity index (χ1) is 10.3. The normalized spacial score (nSPS) is 11.0. The van der Waals surface area contributed by atoms with Gasteiger partial charge in [0.1, 0.15) is 11.5 Å². The number of benzene rings is 1. The standard InChI is InChI=1S/C14H15N3O5/c1-14(2,3)11-8-12(16-22-11)15-13(18)21-10-6-4-9(5-7-10)17(19)20/h4-8H,1-3H3,(H,15,16,18). The average molecular weight is 305 g/mol. The minimum absolute atomic E-state index is 0.0842. The Kier molecular flexibility index (Phi) is 4.11. The third-order valence-electron chi connectivity index (χ3n) is 2.74. The van der Waals surface area contributed by atoms with Gasteiger partial charge in [0.05, 0.1) is 4.92 Å². The summed E-state index contributed by atoms with van der Waals surface area (Å²) in [5.74, 6) is 1.04. The van der Waals surface area contributed by atoms with Gasteiger partial charge < -0.3 is 9.26 Å². The Hall–Kier alpha value is -2.90. The van der Waals surface area contributed by atoms with Crippen LogP contribution >= 0.6 is 0 Å². The van der Waals surface area contributed by atoms with E-state index in [1.807, 2.05) is 20.8 Å². The van der Waals surface area contributed by atoms with E-state index in [0.717, 1.165) is 0 Å². The molecular formula is C14H15N3O5. The van der Waals surface area contributed by atoms with Crippen LogP contribution in [-0.4, -0.2) is 16.2 Å². The van der Waals surface area contributed by atoms with Crippen molar-refractivity contribution in [2.45, 2.75) is 26.2 Å². The monoisotopic (exact) mass is 305 g/mol. The summed E-state index contributed by atoms with van der Waals surface area (Å²) < 4.78 is 10.1. The molecule has 0 atom stereocenters. The molecule has 0 saturated heterocycles. The van der Waals surface area contributed by atoms with Crippen LogP contribution < -0.4 is 10.1 Å². The molecule has 1 N–H and O–H groups in total. The average Bonchev–Trinajstić information content (AvgIpc) is 2.87. The molecule has 0 aliphatic heterocycles. The molecule has 0 unspecified atom stereocenters. The van der Waals surface area contributed by atoms with Gasteiger partial charge in [-0.3, -0.25) is 15.4 Å². The summed E-state index contributed by atoms with van der Waals surface area (Å²) in [6, 6.07) is 6.77. The summed E-state index contributed by atoms with van der Waals surface area (Å²) in [7, 11) is 0. The van der Waals surface area contributed by atoms with Gasteiger partial charge in [0.2, 0.25) is 0 Å². The van der Waals surface area contributed by atoms with Crippen molar-refractivity contribution in [3.05, 3.63) is 46.2 Å². The molecule has 1 amide bonds. The number of hydrogen-bond donors (Lipinski definition) is 1. The molecule has 0 bridgehead atoms. The second kappa shape index (κ2) is 5.84. The summed E-state index contributed by atoms with van der Waals surface area (Å²) >= 11 is 0. The maximum absolute atomic E-state index is 11.7. The second-order valence-electron chi connectivity index (χ2n) is 5.59. The molecule has 0 fully saturated rings. The molecule has 1 aromatic carbocycles. The molecule has 0 aliphatic carbocycles. The van der Waals surface area contributed by atoms with E-state index >= 15 is 0 Å². The van der Waals surface area contributed by atoms with Gasteiger partial charge in [-0.2, -0.15) is 0 Å². The molecule has 0 radical (unpaired) electrons. The number of carbonyl (C=O) groups is 1.